The molecule has 0 aliphatic heterocycles. The fourth-order valence-corrected chi connectivity index (χ4v) is 1.17. The summed E-state index contributed by atoms with van der Waals surface area (Å²) in [5.74, 6) is -0.513. The molecule has 0 amide bonds. The van der Waals surface area contributed by atoms with Gasteiger partial charge in [-0.1, -0.05) is 5.92 Å². The van der Waals surface area contributed by atoms with Crippen LogP contribution in [0.3, 0.4) is 0 Å². The van der Waals surface area contributed by atoms with E-state index in [-0.39, 0.29) is 12.2 Å². The number of hydrogen-bond donors (Lipinski definition) is 2. The van der Waals surface area contributed by atoms with Crippen LogP contribution in [0.2, 0.25) is 0 Å². The third-order valence-electron chi connectivity index (χ3n) is 1.89. The first-order valence-electron chi connectivity index (χ1n) is 4.36. The van der Waals surface area contributed by atoms with E-state index in [2.05, 4.69) is 11.2 Å². The van der Waals surface area contributed by atoms with Crippen LogP contribution >= 0.6 is 0 Å². The molecule has 17 heavy (non-hydrogen) atoms. The minimum absolute atomic E-state index is 0.0362. The molecule has 6 nitrogen and oxygen atoms in total. The summed E-state index contributed by atoms with van der Waals surface area (Å²) in [6.07, 6.45) is 4.96. The van der Waals surface area contributed by atoms with Crippen LogP contribution in [0.5, 0.6) is 0 Å². The molecule has 0 atom stereocenters. The number of nitrogens with one attached hydrogen (secondary N) is 1. The van der Waals surface area contributed by atoms with Crippen LogP contribution in [0.4, 0.5) is 15.8 Å². The lowest BCUT2D eigenvalue weighted by atomic mass is 10.1. The van der Waals surface area contributed by atoms with Crippen molar-refractivity contribution in [1.82, 2.24) is 0 Å². The van der Waals surface area contributed by atoms with Crippen molar-refractivity contribution in [3.63, 3.8) is 0 Å². The fraction of sp³-hybridized carbons (Fsp3) is 0.100. The maximum Gasteiger partial charge on any atom is 0.338 e. The van der Waals surface area contributed by atoms with Crippen LogP contribution in [0.15, 0.2) is 12.1 Å². The first-order valence-corrected chi connectivity index (χ1v) is 4.36. The SMILES string of the molecule is C#CCNc1cc(C(=O)O)c(F)cc1[N+](=O)[O-]. The number of benzene rings is 1. The van der Waals surface area contributed by atoms with Crippen LogP contribution in [0, 0.1) is 28.3 Å². The van der Waals surface area contributed by atoms with Crippen molar-refractivity contribution >= 4 is 17.3 Å². The summed E-state index contributed by atoms with van der Waals surface area (Å²) in [5, 5.41) is 21.7. The van der Waals surface area contributed by atoms with Gasteiger partial charge in [0.1, 0.15) is 11.5 Å². The number of carboxylic acid groups (broad SMARTS) is 1. The topological polar surface area (TPSA) is 92.5 Å². The molecule has 2 N–H and O–H groups in total. The lowest BCUT2D eigenvalue weighted by Crippen LogP contribution is -2.07. The zero-order valence-corrected chi connectivity index (χ0v) is 8.44. The Morgan fingerprint density at radius 2 is 2.29 bits per heavy atom. The Balaban J connectivity index is 3.32. The molecule has 0 saturated heterocycles. The van der Waals surface area contributed by atoms with Gasteiger partial charge in [0.15, 0.2) is 0 Å². The number of terminal acetylenes is 1. The van der Waals surface area contributed by atoms with E-state index in [9.17, 15) is 19.3 Å². The smallest absolute Gasteiger partial charge is 0.338 e. The number of anilines is 1. The van der Waals surface area contributed by atoms with E-state index >= 15 is 0 Å². The van der Waals surface area contributed by atoms with E-state index in [1.807, 2.05) is 0 Å². The maximum absolute atomic E-state index is 13.2. The summed E-state index contributed by atoms with van der Waals surface area (Å²) < 4.78 is 13.2. The van der Waals surface area contributed by atoms with Gasteiger partial charge in [0.2, 0.25) is 0 Å². The molecule has 0 heterocycles. The van der Waals surface area contributed by atoms with Gasteiger partial charge in [0.25, 0.3) is 5.69 Å². The number of rotatable bonds is 4. The van der Waals surface area contributed by atoms with Gasteiger partial charge in [-0.25, -0.2) is 9.18 Å². The second-order valence-electron chi connectivity index (χ2n) is 2.97. The molecule has 0 radical (unpaired) electrons. The number of carboxylic acids is 1. The maximum atomic E-state index is 13.2. The first kappa shape index (κ1) is 12.4. The number of nitro groups is 1. The summed E-state index contributed by atoms with van der Waals surface area (Å²) in [4.78, 5) is 20.4. The van der Waals surface area contributed by atoms with Gasteiger partial charge in [-0.3, -0.25) is 10.1 Å². The predicted molar refractivity (Wildman–Crippen MR) is 57.3 cm³/mol. The largest absolute Gasteiger partial charge is 0.478 e. The molecule has 1 aromatic carbocycles. The second-order valence-corrected chi connectivity index (χ2v) is 2.97. The number of halogens is 1. The molecule has 0 aliphatic rings. The van der Waals surface area contributed by atoms with E-state index < -0.39 is 28.0 Å². The molecule has 1 aromatic rings. The van der Waals surface area contributed by atoms with Crippen LogP contribution in [-0.2, 0) is 0 Å². The predicted octanol–water partition coefficient (Wildman–Crippen LogP) is 1.48. The summed E-state index contributed by atoms with van der Waals surface area (Å²) in [7, 11) is 0. The Morgan fingerprint density at radius 3 is 2.76 bits per heavy atom. The summed E-state index contributed by atoms with van der Waals surface area (Å²) >= 11 is 0. The lowest BCUT2D eigenvalue weighted by Gasteiger charge is -2.06. The lowest BCUT2D eigenvalue weighted by molar-refractivity contribution is -0.384. The Bertz CT molecular complexity index is 522. The minimum Gasteiger partial charge on any atom is -0.478 e. The van der Waals surface area contributed by atoms with Crippen LogP contribution in [0.25, 0.3) is 0 Å². The Kier molecular flexibility index (Phi) is 3.62. The molecular weight excluding hydrogens is 231 g/mol. The first-order chi connectivity index (χ1) is 7.97. The highest BCUT2D eigenvalue weighted by molar-refractivity contribution is 5.90. The number of aromatic carboxylic acids is 1. The van der Waals surface area contributed by atoms with E-state index in [0.717, 1.165) is 6.07 Å². The highest BCUT2D eigenvalue weighted by atomic mass is 19.1. The molecule has 0 bridgehead atoms. The summed E-state index contributed by atoms with van der Waals surface area (Å²) in [6, 6.07) is 1.38. The van der Waals surface area contributed by atoms with Crippen LogP contribution in [0.1, 0.15) is 10.4 Å². The molecule has 7 heteroatoms. The van der Waals surface area contributed by atoms with Gasteiger partial charge in [0, 0.05) is 0 Å². The molecule has 0 saturated carbocycles. The Labute approximate surface area is 95.2 Å². The quantitative estimate of drug-likeness (QED) is 0.470. The van der Waals surface area contributed by atoms with E-state index in [0.29, 0.717) is 6.07 Å². The summed E-state index contributed by atoms with van der Waals surface area (Å²) in [6.45, 7) is -0.0362. The van der Waals surface area contributed by atoms with Crippen molar-refractivity contribution < 1.29 is 19.2 Å². The molecule has 1 rings (SSSR count). The fourth-order valence-electron chi connectivity index (χ4n) is 1.17. The second kappa shape index (κ2) is 4.94. The van der Waals surface area contributed by atoms with Gasteiger partial charge >= 0.3 is 5.97 Å². The number of hydrogen-bond acceptors (Lipinski definition) is 4. The zero-order chi connectivity index (χ0) is 13.0. The third kappa shape index (κ3) is 2.69. The van der Waals surface area contributed by atoms with E-state index in [1.54, 1.807) is 0 Å². The van der Waals surface area contributed by atoms with Crippen LogP contribution in [-0.4, -0.2) is 22.5 Å². The van der Waals surface area contributed by atoms with Gasteiger partial charge in [-0.15, -0.1) is 6.42 Å². The highest BCUT2D eigenvalue weighted by Gasteiger charge is 2.21. The standard InChI is InChI=1S/C10H7FN2O4/c1-2-3-12-8-4-6(10(14)15)7(11)5-9(8)13(16)17/h1,4-5,12H,3H2,(H,14,15). The Morgan fingerprint density at radius 1 is 1.65 bits per heavy atom. The Hall–Kier alpha value is -2.62. The molecule has 0 aliphatic carbocycles. The third-order valence-corrected chi connectivity index (χ3v) is 1.89. The number of carbonyl (C=O) groups is 1. The normalized spacial score (nSPS) is 9.41. The van der Waals surface area contributed by atoms with Gasteiger partial charge in [-0.2, -0.15) is 0 Å². The van der Waals surface area contributed by atoms with E-state index in [4.69, 9.17) is 11.5 Å². The van der Waals surface area contributed by atoms with Crippen LogP contribution < -0.4 is 5.32 Å². The molecule has 0 unspecified atom stereocenters. The van der Waals surface area contributed by atoms with Crippen molar-refractivity contribution in [3.05, 3.63) is 33.6 Å². The van der Waals surface area contributed by atoms with Gasteiger partial charge in [-0.05, 0) is 6.07 Å². The van der Waals surface area contributed by atoms with Crippen molar-refractivity contribution in [3.8, 4) is 12.3 Å². The van der Waals surface area contributed by atoms with Crippen molar-refractivity contribution in [2.45, 2.75) is 0 Å². The molecule has 0 fully saturated rings. The molecule has 88 valence electrons. The zero-order valence-electron chi connectivity index (χ0n) is 8.44. The summed E-state index contributed by atoms with van der Waals surface area (Å²) in [5.41, 5.74) is -1.36. The van der Waals surface area contributed by atoms with Crippen molar-refractivity contribution in [2.24, 2.45) is 0 Å². The van der Waals surface area contributed by atoms with E-state index in [1.165, 1.54) is 0 Å². The monoisotopic (exact) mass is 238 g/mol. The van der Waals surface area contributed by atoms with Gasteiger partial charge < -0.3 is 10.4 Å². The van der Waals surface area contributed by atoms with Gasteiger partial charge in [0.05, 0.1) is 23.1 Å². The molecule has 0 spiro atoms. The number of nitrogens with zero attached hydrogens (tertiary/aromatic N) is 1. The number of nitro benzene ring substituents is 1. The highest BCUT2D eigenvalue weighted by Crippen LogP contribution is 2.27. The van der Waals surface area contributed by atoms with Crippen molar-refractivity contribution in [2.75, 3.05) is 11.9 Å². The molecular formula is C10H7FN2O4. The average Bonchev–Trinajstić information content (AvgIpc) is 2.26. The van der Waals surface area contributed by atoms with Crippen molar-refractivity contribution in [1.29, 1.82) is 0 Å². The minimum atomic E-state index is -1.51. The molecule has 0 aromatic heterocycles. The average molecular weight is 238 g/mol.